The molecule has 11 heteroatoms. The van der Waals surface area contributed by atoms with Crippen LogP contribution in [0.4, 0.5) is 0 Å². The van der Waals surface area contributed by atoms with Gasteiger partial charge < -0.3 is 50.3 Å². The van der Waals surface area contributed by atoms with E-state index < -0.39 is 89.2 Å². The third kappa shape index (κ3) is 4.67. The Morgan fingerprint density at radius 2 is 1.51 bits per heavy atom. The van der Waals surface area contributed by atoms with Gasteiger partial charge in [-0.2, -0.15) is 0 Å². The Morgan fingerprint density at radius 1 is 0.851 bits per heavy atom. The molecule has 1 saturated heterocycles. The molecule has 268 valence electrons. The quantitative estimate of drug-likeness (QED) is 0.160. The molecule has 0 aromatic carbocycles. The molecule has 0 unspecified atom stereocenters. The monoisotopic (exact) mass is 666 g/mol. The molecular formula is C36H58O11. The molecule has 47 heavy (non-hydrogen) atoms. The molecule has 0 radical (unpaired) electrons. The molecule has 5 fully saturated rings. The molecule has 8 N–H and O–H groups in total. The number of allylic oxidation sites excluding steroid dienone is 1. The lowest BCUT2D eigenvalue weighted by Gasteiger charge is -2.71. The summed E-state index contributed by atoms with van der Waals surface area (Å²) in [5.74, 6) is -1.08. The maximum Gasteiger partial charge on any atom is 0.315 e. The third-order valence-electron chi connectivity index (χ3n) is 15.4. The predicted octanol–water partition coefficient (Wildman–Crippen LogP) is 1.41. The van der Waals surface area contributed by atoms with Gasteiger partial charge in [-0.05, 0) is 84.9 Å². The van der Waals surface area contributed by atoms with Crippen LogP contribution in [0.1, 0.15) is 92.9 Å². The van der Waals surface area contributed by atoms with E-state index in [-0.39, 0.29) is 29.3 Å². The number of hydrogen-bond donors (Lipinski definition) is 8. The van der Waals surface area contributed by atoms with Crippen LogP contribution < -0.4 is 0 Å². The fraction of sp³-hybridized carbons (Fsp3) is 0.917. The third-order valence-corrected chi connectivity index (χ3v) is 15.4. The highest BCUT2D eigenvalue weighted by molar-refractivity contribution is 5.79. The molecule has 6 aliphatic rings. The first kappa shape index (κ1) is 35.7. The molecule has 1 aliphatic heterocycles. The summed E-state index contributed by atoms with van der Waals surface area (Å²) >= 11 is 0. The molecule has 11 nitrogen and oxygen atoms in total. The Kier molecular flexibility index (Phi) is 8.68. The number of aliphatic hydroxyl groups excluding tert-OH is 8. The van der Waals surface area contributed by atoms with Crippen LogP contribution in [0.25, 0.3) is 0 Å². The molecule has 1 heterocycles. The normalized spacial score (nSPS) is 55.4. The highest BCUT2D eigenvalue weighted by Gasteiger charge is 2.72. The van der Waals surface area contributed by atoms with E-state index in [1.807, 2.05) is 20.8 Å². The molecule has 5 aliphatic carbocycles. The maximum atomic E-state index is 14.4. The smallest absolute Gasteiger partial charge is 0.315 e. The van der Waals surface area contributed by atoms with Crippen molar-refractivity contribution in [1.29, 1.82) is 0 Å². The Hall–Kier alpha value is -1.15. The van der Waals surface area contributed by atoms with Gasteiger partial charge in [0.1, 0.15) is 24.4 Å². The number of hydrogen-bond acceptors (Lipinski definition) is 11. The lowest BCUT2D eigenvalue weighted by atomic mass is 9.33. The van der Waals surface area contributed by atoms with Crippen molar-refractivity contribution < 1.29 is 55.1 Å². The fourth-order valence-electron chi connectivity index (χ4n) is 12.1. The van der Waals surface area contributed by atoms with Crippen molar-refractivity contribution in [3.05, 3.63) is 11.6 Å². The molecule has 0 aromatic rings. The predicted molar refractivity (Wildman–Crippen MR) is 169 cm³/mol. The van der Waals surface area contributed by atoms with Crippen LogP contribution in [0, 0.1) is 50.2 Å². The summed E-state index contributed by atoms with van der Waals surface area (Å²) in [6.45, 7) is 11.9. The van der Waals surface area contributed by atoms with Gasteiger partial charge in [0.05, 0.1) is 36.9 Å². The number of ether oxygens (including phenoxy) is 2. The Bertz CT molecular complexity index is 1270. The van der Waals surface area contributed by atoms with Gasteiger partial charge in [-0.3, -0.25) is 4.79 Å². The van der Waals surface area contributed by atoms with Crippen molar-refractivity contribution in [1.82, 2.24) is 0 Å². The summed E-state index contributed by atoms with van der Waals surface area (Å²) in [6.07, 6.45) is -3.62. The summed E-state index contributed by atoms with van der Waals surface area (Å²) in [7, 11) is 0. The van der Waals surface area contributed by atoms with Crippen LogP contribution >= 0.6 is 0 Å². The SMILES string of the molecule is CC1(C)CC[C@]2(C(=O)O[C@@H]3O[C@H](CO)[C@@H](O)[C@H](O)[C@H]3O)CC[C@]3(C)C(=CC[C@@H]4[C@@]5(C)C[C@@H](O)[C@H](O)[C@@](C)(CO)[C@@H]5CC[C@]43C)[C@H]2[C@H]1O. The van der Waals surface area contributed by atoms with Gasteiger partial charge >= 0.3 is 5.97 Å². The van der Waals surface area contributed by atoms with Crippen molar-refractivity contribution in [3.63, 3.8) is 0 Å². The van der Waals surface area contributed by atoms with Gasteiger partial charge in [0.2, 0.25) is 6.29 Å². The minimum Gasteiger partial charge on any atom is -0.432 e. The van der Waals surface area contributed by atoms with Crippen LogP contribution in [0.5, 0.6) is 0 Å². The molecular weight excluding hydrogens is 608 g/mol. The zero-order valence-electron chi connectivity index (χ0n) is 28.8. The highest BCUT2D eigenvalue weighted by Crippen LogP contribution is 2.75. The lowest BCUT2D eigenvalue weighted by Crippen LogP contribution is -2.69. The average molecular weight is 667 g/mol. The Balaban J connectivity index is 1.39. The molecule has 6 rings (SSSR count). The van der Waals surface area contributed by atoms with Crippen LogP contribution in [0.3, 0.4) is 0 Å². The van der Waals surface area contributed by atoms with E-state index in [2.05, 4.69) is 26.8 Å². The second-order valence-corrected chi connectivity index (χ2v) is 17.8. The Labute approximate surface area is 278 Å². The first-order valence-electron chi connectivity index (χ1n) is 17.7. The second-order valence-electron chi connectivity index (χ2n) is 17.8. The summed E-state index contributed by atoms with van der Waals surface area (Å²) in [4.78, 5) is 14.4. The van der Waals surface area contributed by atoms with Crippen molar-refractivity contribution >= 4 is 5.97 Å². The van der Waals surface area contributed by atoms with Gasteiger partial charge in [-0.25, -0.2) is 0 Å². The van der Waals surface area contributed by atoms with Crippen LogP contribution in [-0.4, -0.2) is 109 Å². The van der Waals surface area contributed by atoms with Gasteiger partial charge in [0.15, 0.2) is 0 Å². The minimum absolute atomic E-state index is 0.00502. The average Bonchev–Trinajstić information content (AvgIpc) is 3.02. The number of fused-ring (bicyclic) bond motifs is 7. The summed E-state index contributed by atoms with van der Waals surface area (Å²) < 4.78 is 11.4. The van der Waals surface area contributed by atoms with E-state index in [1.54, 1.807) is 0 Å². The number of esters is 1. The van der Waals surface area contributed by atoms with Gasteiger partial charge in [0, 0.05) is 11.3 Å². The topological polar surface area (TPSA) is 197 Å². The van der Waals surface area contributed by atoms with E-state index >= 15 is 0 Å². The first-order valence-corrected chi connectivity index (χ1v) is 17.7. The standard InChI is InChI=1S/C36H58O11/c1-31(2)11-13-36(30(45)47-29-26(42)25(41)24(40)20(16-37)46-29)14-12-34(5)18(23(36)28(31)44)7-8-22-32(3)15-19(39)27(43)33(4,17-38)21(32)9-10-35(22,34)6/h7,19-29,37-44H,8-17H2,1-6H3/t19-,20-,21-,22-,23+,24-,25+,26-,27+,28-,29+,32+,33+,34-,35-,36+/m1/s1. The van der Waals surface area contributed by atoms with E-state index in [4.69, 9.17) is 9.47 Å². The van der Waals surface area contributed by atoms with Crippen molar-refractivity contribution in [2.24, 2.45) is 50.2 Å². The lowest BCUT2D eigenvalue weighted by molar-refractivity contribution is -0.298. The maximum absolute atomic E-state index is 14.4. The molecule has 0 spiro atoms. The van der Waals surface area contributed by atoms with Crippen LogP contribution in [0.15, 0.2) is 11.6 Å². The fourth-order valence-corrected chi connectivity index (χ4v) is 12.1. The molecule has 0 amide bonds. The molecule has 16 atom stereocenters. The number of carbonyl (C=O) groups excluding carboxylic acids is 1. The van der Waals surface area contributed by atoms with E-state index in [1.165, 1.54) is 0 Å². The Morgan fingerprint density at radius 3 is 2.15 bits per heavy atom. The van der Waals surface area contributed by atoms with Crippen LogP contribution in [-0.2, 0) is 14.3 Å². The summed E-state index contributed by atoms with van der Waals surface area (Å²) in [6, 6.07) is 0. The van der Waals surface area contributed by atoms with E-state index in [0.29, 0.717) is 38.5 Å². The van der Waals surface area contributed by atoms with Gasteiger partial charge in [-0.15, -0.1) is 0 Å². The van der Waals surface area contributed by atoms with Crippen molar-refractivity contribution in [2.75, 3.05) is 13.2 Å². The molecule has 4 saturated carbocycles. The summed E-state index contributed by atoms with van der Waals surface area (Å²) in [5.41, 5.74) is -2.46. The van der Waals surface area contributed by atoms with Crippen LogP contribution in [0.2, 0.25) is 0 Å². The number of rotatable bonds is 4. The highest BCUT2D eigenvalue weighted by atomic mass is 16.7. The zero-order chi connectivity index (χ0) is 34.7. The summed E-state index contributed by atoms with van der Waals surface area (Å²) in [5, 5.41) is 85.9. The van der Waals surface area contributed by atoms with Gasteiger partial charge in [-0.1, -0.05) is 53.2 Å². The van der Waals surface area contributed by atoms with E-state index in [0.717, 1.165) is 18.4 Å². The van der Waals surface area contributed by atoms with Crippen molar-refractivity contribution in [2.45, 2.75) is 142 Å². The second kappa shape index (κ2) is 11.4. The van der Waals surface area contributed by atoms with Gasteiger partial charge in [0.25, 0.3) is 0 Å². The molecule has 0 aromatic heterocycles. The number of carbonyl (C=O) groups is 1. The number of aliphatic hydroxyl groups is 8. The zero-order valence-corrected chi connectivity index (χ0v) is 28.8. The first-order chi connectivity index (χ1) is 21.8. The minimum atomic E-state index is -1.72. The largest absolute Gasteiger partial charge is 0.432 e. The molecule has 0 bridgehead atoms. The van der Waals surface area contributed by atoms with E-state index in [9.17, 15) is 45.6 Å². The van der Waals surface area contributed by atoms with Crippen molar-refractivity contribution in [3.8, 4) is 0 Å².